The minimum atomic E-state index is -0.822. The van der Waals surface area contributed by atoms with Gasteiger partial charge in [-0.2, -0.15) is 0 Å². The molecule has 0 bridgehead atoms. The molecule has 1 saturated heterocycles. The molecule has 3 heterocycles. The van der Waals surface area contributed by atoms with Gasteiger partial charge in [-0.25, -0.2) is 4.79 Å². The summed E-state index contributed by atoms with van der Waals surface area (Å²) < 4.78 is 1.48. The number of fused-ring (bicyclic) bond motifs is 1. The molecule has 1 aliphatic heterocycles. The van der Waals surface area contributed by atoms with E-state index in [1.165, 1.54) is 4.57 Å². The smallest absolute Gasteiger partial charge is 0.327 e. The normalized spacial score (nSPS) is 15.1. The number of H-pyrrole nitrogens is 1. The predicted octanol–water partition coefficient (Wildman–Crippen LogP) is 3.97. The Morgan fingerprint density at radius 1 is 0.939 bits per heavy atom. The second-order valence-corrected chi connectivity index (χ2v) is 8.73. The van der Waals surface area contributed by atoms with E-state index in [9.17, 15) is 9.59 Å². The second-order valence-electron chi connectivity index (χ2n) is 7.91. The minimum Gasteiger partial charge on any atom is -0.368 e. The van der Waals surface area contributed by atoms with Crippen molar-refractivity contribution in [3.8, 4) is 0 Å². The second kappa shape index (κ2) is 8.92. The molecule has 1 fully saturated rings. The van der Waals surface area contributed by atoms with Gasteiger partial charge in [0, 0.05) is 44.3 Å². The monoisotopic (exact) mass is 481 g/mol. The van der Waals surface area contributed by atoms with Crippen LogP contribution in [0.3, 0.4) is 0 Å². The number of carbonyl (C=O) groups excluding carboxylic acids is 1. The van der Waals surface area contributed by atoms with Crippen LogP contribution in [-0.2, 0) is 4.79 Å². The van der Waals surface area contributed by atoms with Crippen molar-refractivity contribution in [1.29, 1.82) is 0 Å². The molecule has 168 valence electrons. The fraction of sp³-hybridized carbons (Fsp3) is 0.208. The first-order chi connectivity index (χ1) is 16.0. The number of nitrogens with zero attached hydrogens (tertiary/aromatic N) is 4. The molecule has 1 aliphatic rings. The number of hydrogen-bond donors (Lipinski definition) is 1. The van der Waals surface area contributed by atoms with E-state index in [4.69, 9.17) is 23.2 Å². The zero-order valence-electron chi connectivity index (χ0n) is 17.6. The molecule has 2 aromatic carbocycles. The van der Waals surface area contributed by atoms with E-state index < -0.39 is 6.04 Å². The lowest BCUT2D eigenvalue weighted by Gasteiger charge is -2.37. The summed E-state index contributed by atoms with van der Waals surface area (Å²) in [6.07, 6.45) is 3.53. The van der Waals surface area contributed by atoms with Gasteiger partial charge < -0.3 is 14.8 Å². The van der Waals surface area contributed by atoms with E-state index in [1.54, 1.807) is 24.5 Å². The highest BCUT2D eigenvalue weighted by Gasteiger charge is 2.32. The highest BCUT2D eigenvalue weighted by molar-refractivity contribution is 6.42. The van der Waals surface area contributed by atoms with Gasteiger partial charge in [-0.1, -0.05) is 53.5 Å². The van der Waals surface area contributed by atoms with Crippen LogP contribution < -0.4 is 10.6 Å². The summed E-state index contributed by atoms with van der Waals surface area (Å²) in [5.41, 5.74) is 2.49. The molecule has 0 radical (unpaired) electrons. The molecule has 5 rings (SSSR count). The molecule has 33 heavy (non-hydrogen) atoms. The van der Waals surface area contributed by atoms with Gasteiger partial charge >= 0.3 is 5.69 Å². The average Bonchev–Trinajstić information content (AvgIpc) is 3.15. The number of halogens is 2. The van der Waals surface area contributed by atoms with Gasteiger partial charge in [0.15, 0.2) is 0 Å². The summed E-state index contributed by atoms with van der Waals surface area (Å²) in [6, 6.07) is 15.7. The summed E-state index contributed by atoms with van der Waals surface area (Å²) >= 11 is 12.4. The van der Waals surface area contributed by atoms with Crippen LogP contribution in [-0.4, -0.2) is 51.5 Å². The Labute approximate surface area is 200 Å². The lowest BCUT2D eigenvalue weighted by atomic mass is 10.0. The van der Waals surface area contributed by atoms with Crippen molar-refractivity contribution in [2.24, 2.45) is 0 Å². The number of anilines is 1. The van der Waals surface area contributed by atoms with Gasteiger partial charge in [0.1, 0.15) is 6.04 Å². The largest absolute Gasteiger partial charge is 0.368 e. The van der Waals surface area contributed by atoms with Crippen LogP contribution in [0, 0.1) is 0 Å². The molecule has 1 amide bonds. The Morgan fingerprint density at radius 2 is 1.61 bits per heavy atom. The van der Waals surface area contributed by atoms with E-state index in [1.807, 2.05) is 47.4 Å². The fourth-order valence-electron chi connectivity index (χ4n) is 4.33. The third-order valence-corrected chi connectivity index (χ3v) is 6.71. The minimum absolute atomic E-state index is 0.135. The quantitative estimate of drug-likeness (QED) is 0.478. The summed E-state index contributed by atoms with van der Waals surface area (Å²) in [5.74, 6) is -0.135. The van der Waals surface area contributed by atoms with Gasteiger partial charge in [-0.3, -0.25) is 14.3 Å². The molecule has 7 nitrogen and oxygen atoms in total. The number of hydrogen-bond acceptors (Lipinski definition) is 4. The maximum Gasteiger partial charge on any atom is 0.327 e. The highest BCUT2D eigenvalue weighted by Crippen LogP contribution is 2.30. The molecule has 4 aromatic rings. The van der Waals surface area contributed by atoms with Crippen LogP contribution in [0.4, 0.5) is 5.69 Å². The van der Waals surface area contributed by atoms with Crippen LogP contribution in [0.1, 0.15) is 11.6 Å². The first-order valence-electron chi connectivity index (χ1n) is 10.6. The number of amides is 1. The van der Waals surface area contributed by atoms with Crippen LogP contribution >= 0.6 is 23.2 Å². The van der Waals surface area contributed by atoms with Crippen molar-refractivity contribution in [3.05, 3.63) is 93.1 Å². The molecular weight excluding hydrogens is 461 g/mol. The predicted molar refractivity (Wildman–Crippen MR) is 130 cm³/mol. The Bertz CT molecular complexity index is 1350. The van der Waals surface area contributed by atoms with E-state index >= 15 is 0 Å². The molecule has 0 aliphatic carbocycles. The van der Waals surface area contributed by atoms with Crippen LogP contribution in [0.2, 0.25) is 10.0 Å². The van der Waals surface area contributed by atoms with Crippen molar-refractivity contribution in [1.82, 2.24) is 19.4 Å². The number of piperazine rings is 1. The Morgan fingerprint density at radius 3 is 2.30 bits per heavy atom. The van der Waals surface area contributed by atoms with Crippen LogP contribution in [0.5, 0.6) is 0 Å². The van der Waals surface area contributed by atoms with Gasteiger partial charge in [0.2, 0.25) is 0 Å². The summed E-state index contributed by atoms with van der Waals surface area (Å²) in [6.45, 7) is 2.49. The van der Waals surface area contributed by atoms with E-state index in [-0.39, 0.29) is 11.6 Å². The third-order valence-electron chi connectivity index (χ3n) is 5.99. The van der Waals surface area contributed by atoms with Crippen molar-refractivity contribution < 1.29 is 4.79 Å². The summed E-state index contributed by atoms with van der Waals surface area (Å²) in [4.78, 5) is 37.8. The maximum absolute atomic E-state index is 13.9. The van der Waals surface area contributed by atoms with E-state index in [0.29, 0.717) is 47.3 Å². The number of carbonyl (C=O) groups is 1. The number of nitrogens with one attached hydrogen (secondary N) is 1. The Hall–Kier alpha value is -3.29. The first-order valence-corrected chi connectivity index (χ1v) is 11.4. The molecular formula is C24H21Cl2N5O2. The molecule has 1 unspecified atom stereocenters. The zero-order chi connectivity index (χ0) is 22.9. The molecule has 1 N–H and O–H groups in total. The number of rotatable bonds is 4. The van der Waals surface area contributed by atoms with Gasteiger partial charge in [0.25, 0.3) is 5.91 Å². The van der Waals surface area contributed by atoms with Crippen LogP contribution in [0.25, 0.3) is 11.0 Å². The molecule has 2 aromatic heterocycles. The number of aromatic amines is 1. The average molecular weight is 482 g/mol. The van der Waals surface area contributed by atoms with Crippen LogP contribution in [0.15, 0.2) is 71.8 Å². The topological polar surface area (TPSA) is 74.2 Å². The maximum atomic E-state index is 13.9. The number of pyridine rings is 1. The molecule has 1 atom stereocenters. The van der Waals surface area contributed by atoms with Crippen molar-refractivity contribution in [2.75, 3.05) is 31.1 Å². The number of aromatic nitrogens is 3. The van der Waals surface area contributed by atoms with Crippen molar-refractivity contribution in [3.63, 3.8) is 0 Å². The van der Waals surface area contributed by atoms with Gasteiger partial charge in [0.05, 0.1) is 21.1 Å². The number of benzene rings is 2. The van der Waals surface area contributed by atoms with E-state index in [0.717, 1.165) is 11.3 Å². The highest BCUT2D eigenvalue weighted by atomic mass is 35.5. The third kappa shape index (κ3) is 4.10. The van der Waals surface area contributed by atoms with Gasteiger partial charge in [-0.15, -0.1) is 0 Å². The van der Waals surface area contributed by atoms with Gasteiger partial charge in [-0.05, 0) is 29.8 Å². The SMILES string of the molecule is O=C(C(c1ccccc1)n1c(=O)[nH]c2cc(Cl)c(Cl)cc21)N1CCN(c2ccncc2)CC1. The lowest BCUT2D eigenvalue weighted by molar-refractivity contribution is -0.133. The molecule has 0 saturated carbocycles. The van der Waals surface area contributed by atoms with E-state index in [2.05, 4.69) is 14.9 Å². The summed E-state index contributed by atoms with van der Waals surface area (Å²) in [7, 11) is 0. The number of imidazole rings is 1. The van der Waals surface area contributed by atoms with Crippen molar-refractivity contribution in [2.45, 2.75) is 6.04 Å². The Balaban J connectivity index is 1.51. The molecule has 9 heteroatoms. The summed E-state index contributed by atoms with van der Waals surface area (Å²) in [5, 5.41) is 0.662. The molecule has 0 spiro atoms. The van der Waals surface area contributed by atoms with Crippen molar-refractivity contribution >= 4 is 45.8 Å². The lowest BCUT2D eigenvalue weighted by Crippen LogP contribution is -2.51. The Kier molecular flexibility index (Phi) is 5.83. The first kappa shape index (κ1) is 21.6. The standard InChI is InChI=1S/C24H21Cl2N5O2/c25-18-14-20-21(15-19(18)26)31(24(33)28-20)22(16-4-2-1-3-5-16)23(32)30-12-10-29(11-13-30)17-6-8-27-9-7-17/h1-9,14-15,22H,10-13H2,(H,28,33). The fourth-order valence-corrected chi connectivity index (χ4v) is 4.65. The zero-order valence-corrected chi connectivity index (χ0v) is 19.1.